The van der Waals surface area contributed by atoms with Gasteiger partial charge in [0.25, 0.3) is 5.56 Å². The van der Waals surface area contributed by atoms with E-state index in [2.05, 4.69) is 21.9 Å². The Morgan fingerprint density at radius 2 is 1.86 bits per heavy atom. The summed E-state index contributed by atoms with van der Waals surface area (Å²) >= 11 is 5.92. The van der Waals surface area contributed by atoms with Crippen LogP contribution in [0, 0.1) is 0 Å². The van der Waals surface area contributed by atoms with Crippen LogP contribution in [0.25, 0.3) is 11.2 Å². The van der Waals surface area contributed by atoms with E-state index in [1.165, 1.54) is 9.47 Å². The second-order valence-electron chi connectivity index (χ2n) is 7.36. The fourth-order valence-electron chi connectivity index (χ4n) is 3.57. The normalized spacial score (nSPS) is 15.2. The number of halogens is 1. The molecule has 1 aromatic carbocycles. The van der Waals surface area contributed by atoms with E-state index in [-0.39, 0.29) is 23.5 Å². The lowest BCUT2D eigenvalue weighted by atomic mass is 10.1. The summed E-state index contributed by atoms with van der Waals surface area (Å²) in [7, 11) is 3.68. The monoisotopic (exact) mass is 417 g/mol. The van der Waals surface area contributed by atoms with Crippen LogP contribution in [0.2, 0.25) is 5.02 Å². The van der Waals surface area contributed by atoms with Gasteiger partial charge in [0, 0.05) is 17.6 Å². The van der Waals surface area contributed by atoms with Crippen LogP contribution < -0.4 is 21.0 Å². The summed E-state index contributed by atoms with van der Waals surface area (Å²) in [6.07, 6.45) is 0. The smallest absolute Gasteiger partial charge is 0.329 e. The van der Waals surface area contributed by atoms with Crippen molar-refractivity contribution in [3.05, 3.63) is 55.7 Å². The number of carbonyl (C=O) groups is 1. The van der Waals surface area contributed by atoms with Gasteiger partial charge in [-0.05, 0) is 24.3 Å². The van der Waals surface area contributed by atoms with E-state index in [4.69, 9.17) is 11.6 Å². The van der Waals surface area contributed by atoms with Gasteiger partial charge in [-0.3, -0.25) is 23.7 Å². The molecule has 10 heteroatoms. The first kappa shape index (κ1) is 19.4. The van der Waals surface area contributed by atoms with Crippen molar-refractivity contribution in [3.8, 4) is 0 Å². The molecule has 0 radical (unpaired) electrons. The molecule has 0 aliphatic carbocycles. The lowest BCUT2D eigenvalue weighted by Crippen LogP contribution is -3.12. The number of hydrogen-bond donors (Lipinski definition) is 2. The van der Waals surface area contributed by atoms with Crippen molar-refractivity contribution in [2.24, 2.45) is 7.05 Å². The molecule has 0 atom stereocenters. The van der Waals surface area contributed by atoms with E-state index < -0.39 is 11.2 Å². The topological polar surface area (TPSA) is 97.4 Å². The molecule has 1 fully saturated rings. The first-order chi connectivity index (χ1) is 13.8. The number of H-pyrrole nitrogens is 1. The lowest BCUT2D eigenvalue weighted by Gasteiger charge is -2.31. The number of benzene rings is 1. The number of likely N-dealkylation sites (N-methyl/N-ethyl adjacent to an activating group) is 1. The van der Waals surface area contributed by atoms with E-state index in [0.717, 1.165) is 26.2 Å². The van der Waals surface area contributed by atoms with Crippen LogP contribution >= 0.6 is 11.6 Å². The number of rotatable bonds is 4. The number of ketones is 1. The first-order valence-corrected chi connectivity index (χ1v) is 9.77. The molecule has 0 amide bonds. The average molecular weight is 418 g/mol. The third kappa shape index (κ3) is 3.58. The molecule has 0 bridgehead atoms. The van der Waals surface area contributed by atoms with Crippen LogP contribution in [0.5, 0.6) is 0 Å². The fourth-order valence-corrected chi connectivity index (χ4v) is 3.70. The zero-order chi connectivity index (χ0) is 20.7. The molecule has 9 nitrogen and oxygen atoms in total. The number of anilines is 1. The minimum atomic E-state index is -0.550. The van der Waals surface area contributed by atoms with Crippen molar-refractivity contribution < 1.29 is 9.69 Å². The summed E-state index contributed by atoms with van der Waals surface area (Å²) in [5, 5.41) is 0.543. The Balaban J connectivity index is 1.83. The van der Waals surface area contributed by atoms with Crippen LogP contribution in [0.3, 0.4) is 0 Å². The maximum absolute atomic E-state index is 12.9. The average Bonchev–Trinajstić information content (AvgIpc) is 3.07. The van der Waals surface area contributed by atoms with Crippen LogP contribution in [0.4, 0.5) is 5.95 Å². The Kier molecular flexibility index (Phi) is 5.01. The molecule has 1 saturated heterocycles. The molecule has 0 unspecified atom stereocenters. The predicted molar refractivity (Wildman–Crippen MR) is 110 cm³/mol. The summed E-state index contributed by atoms with van der Waals surface area (Å²) in [4.78, 5) is 47.9. The molecule has 2 N–H and O–H groups in total. The number of Topliss-reactive ketones (excluding diaryl/α,β-unsaturated/α-hetero) is 1. The van der Waals surface area contributed by atoms with Crippen molar-refractivity contribution in [2.45, 2.75) is 6.54 Å². The quantitative estimate of drug-likeness (QED) is 0.547. The number of nitrogens with zero attached hydrogens (tertiary/aromatic N) is 4. The summed E-state index contributed by atoms with van der Waals surface area (Å²) in [5.41, 5.74) is -0.109. The van der Waals surface area contributed by atoms with Crippen LogP contribution in [0.1, 0.15) is 10.4 Å². The van der Waals surface area contributed by atoms with Gasteiger partial charge in [0.2, 0.25) is 5.95 Å². The summed E-state index contributed by atoms with van der Waals surface area (Å²) in [6.45, 7) is 3.27. The number of piperazine rings is 1. The Bertz CT molecular complexity index is 1190. The van der Waals surface area contributed by atoms with Crippen molar-refractivity contribution in [3.63, 3.8) is 0 Å². The van der Waals surface area contributed by atoms with Gasteiger partial charge in [0.15, 0.2) is 16.9 Å². The number of hydrogen-bond acceptors (Lipinski definition) is 5. The van der Waals surface area contributed by atoms with E-state index in [9.17, 15) is 14.4 Å². The molecule has 152 valence electrons. The maximum Gasteiger partial charge on any atom is 0.329 e. The molecule has 2 aromatic heterocycles. The van der Waals surface area contributed by atoms with E-state index in [1.807, 2.05) is 0 Å². The zero-order valence-corrected chi connectivity index (χ0v) is 17.0. The number of fused-ring (bicyclic) bond motifs is 1. The molecule has 29 heavy (non-hydrogen) atoms. The molecule has 3 heterocycles. The molecule has 0 saturated carbocycles. The van der Waals surface area contributed by atoms with Crippen molar-refractivity contribution >= 4 is 34.5 Å². The highest BCUT2D eigenvalue weighted by molar-refractivity contribution is 6.30. The zero-order valence-electron chi connectivity index (χ0n) is 16.2. The highest BCUT2D eigenvalue weighted by Gasteiger charge is 2.26. The molecule has 4 rings (SSSR count). The highest BCUT2D eigenvalue weighted by atomic mass is 35.5. The molecular formula is C19H22ClN6O3+. The van der Waals surface area contributed by atoms with Gasteiger partial charge in [-0.15, -0.1) is 0 Å². The van der Waals surface area contributed by atoms with Gasteiger partial charge in [0.05, 0.1) is 39.8 Å². The van der Waals surface area contributed by atoms with Gasteiger partial charge in [-0.1, -0.05) is 11.6 Å². The molecule has 0 spiro atoms. The van der Waals surface area contributed by atoms with Crippen molar-refractivity contribution in [2.75, 3.05) is 38.1 Å². The number of aromatic nitrogens is 4. The van der Waals surface area contributed by atoms with Crippen molar-refractivity contribution in [1.29, 1.82) is 0 Å². The van der Waals surface area contributed by atoms with Gasteiger partial charge in [-0.2, -0.15) is 4.98 Å². The number of aromatic amines is 1. The first-order valence-electron chi connectivity index (χ1n) is 9.39. The Morgan fingerprint density at radius 3 is 2.52 bits per heavy atom. The number of aryl methyl sites for hydroxylation is 1. The Morgan fingerprint density at radius 1 is 1.21 bits per heavy atom. The number of quaternary nitrogens is 1. The SMILES string of the molecule is Cn1c(=O)[nH]c(=O)c2c1nc(N1CC[NH+](C)CC1)n2CC(=O)c1ccc(Cl)cc1. The number of imidazole rings is 1. The fraction of sp³-hybridized carbons (Fsp3) is 0.368. The summed E-state index contributed by atoms with van der Waals surface area (Å²) < 4.78 is 2.91. The largest absolute Gasteiger partial charge is 0.334 e. The minimum absolute atomic E-state index is 0.0616. The van der Waals surface area contributed by atoms with Crippen LogP contribution in [-0.4, -0.2) is 58.1 Å². The third-order valence-corrected chi connectivity index (χ3v) is 5.61. The van der Waals surface area contributed by atoms with Crippen LogP contribution in [0.15, 0.2) is 33.9 Å². The third-order valence-electron chi connectivity index (χ3n) is 5.35. The van der Waals surface area contributed by atoms with E-state index in [1.54, 1.807) is 35.9 Å². The maximum atomic E-state index is 12.9. The van der Waals surface area contributed by atoms with Gasteiger partial charge in [0.1, 0.15) is 0 Å². The van der Waals surface area contributed by atoms with Gasteiger partial charge in [-0.25, -0.2) is 4.79 Å². The van der Waals surface area contributed by atoms with Crippen LogP contribution in [-0.2, 0) is 13.6 Å². The Labute approximate surface area is 171 Å². The molecule has 1 aliphatic rings. The van der Waals surface area contributed by atoms with Crippen molar-refractivity contribution in [1.82, 2.24) is 19.1 Å². The van der Waals surface area contributed by atoms with Gasteiger partial charge >= 0.3 is 5.69 Å². The predicted octanol–water partition coefficient (Wildman–Crippen LogP) is -0.706. The highest BCUT2D eigenvalue weighted by Crippen LogP contribution is 2.21. The molecule has 1 aliphatic heterocycles. The minimum Gasteiger partial charge on any atom is -0.334 e. The Hall–Kier alpha value is -2.91. The van der Waals surface area contributed by atoms with Gasteiger partial charge < -0.3 is 9.80 Å². The second kappa shape index (κ2) is 7.49. The molecule has 3 aromatic rings. The van der Waals surface area contributed by atoms with E-state index in [0.29, 0.717) is 16.5 Å². The summed E-state index contributed by atoms with van der Waals surface area (Å²) in [6, 6.07) is 6.62. The standard InChI is InChI=1S/C19H21ClN6O3/c1-23-7-9-25(10-8-23)18-21-16-15(17(28)22-19(29)24(16)2)26(18)11-14(27)12-3-5-13(20)6-4-12/h3-6H,7-11H2,1-2H3,(H,22,28,29)/p+1. The number of carbonyl (C=O) groups excluding carboxylic acids is 1. The summed E-state index contributed by atoms with van der Waals surface area (Å²) in [5.74, 6) is 0.358. The second-order valence-corrected chi connectivity index (χ2v) is 7.80. The number of nitrogens with one attached hydrogen (secondary N) is 2. The lowest BCUT2D eigenvalue weighted by molar-refractivity contribution is -0.880. The van der Waals surface area contributed by atoms with E-state index >= 15 is 0 Å². The molecular weight excluding hydrogens is 396 g/mol.